The van der Waals surface area contributed by atoms with E-state index in [-0.39, 0.29) is 10.5 Å². The summed E-state index contributed by atoms with van der Waals surface area (Å²) in [5.41, 5.74) is 0.240. The Labute approximate surface area is 135 Å². The summed E-state index contributed by atoms with van der Waals surface area (Å²) < 4.78 is 23.9. The number of Topliss-reactive ketones (excluding diaryl/α,β-unsaturated/α-hetero) is 1. The Morgan fingerprint density at radius 2 is 1.55 bits per heavy atom. The number of carbonyl (C=O) groups is 1. The van der Waals surface area contributed by atoms with Gasteiger partial charge in [-0.25, -0.2) is 8.42 Å². The van der Waals surface area contributed by atoms with Crippen LogP contribution in [-0.4, -0.2) is 20.0 Å². The molecular weight excluding hydrogens is 296 g/mol. The van der Waals surface area contributed by atoms with E-state index < -0.39 is 21.4 Å². The van der Waals surface area contributed by atoms with Crippen molar-refractivity contribution in [2.75, 3.05) is 5.75 Å². The molecule has 0 aromatic heterocycles. The molecule has 0 fully saturated rings. The lowest BCUT2D eigenvalue weighted by Gasteiger charge is -2.04. The zero-order valence-corrected chi connectivity index (χ0v) is 14.7. The van der Waals surface area contributed by atoms with E-state index in [9.17, 15) is 13.2 Å². The van der Waals surface area contributed by atoms with Gasteiger partial charge in [0.1, 0.15) is 5.75 Å². The minimum atomic E-state index is -3.61. The third-order valence-corrected chi connectivity index (χ3v) is 3.90. The number of hydrogen-bond acceptors (Lipinski definition) is 3. The topological polar surface area (TPSA) is 51.2 Å². The minimum Gasteiger partial charge on any atom is -0.293 e. The second kappa shape index (κ2) is 12.8. The van der Waals surface area contributed by atoms with Gasteiger partial charge in [-0.15, -0.1) is 0 Å². The van der Waals surface area contributed by atoms with Crippen molar-refractivity contribution < 1.29 is 13.2 Å². The van der Waals surface area contributed by atoms with E-state index >= 15 is 0 Å². The van der Waals surface area contributed by atoms with Gasteiger partial charge in [0.05, 0.1) is 4.90 Å². The first-order valence-corrected chi connectivity index (χ1v) is 8.92. The lowest BCUT2D eigenvalue weighted by atomic mass is 10.2. The molecular formula is C18H26O3S. The first kappa shape index (κ1) is 22.3. The van der Waals surface area contributed by atoms with E-state index in [0.717, 1.165) is 0 Å². The van der Waals surface area contributed by atoms with Crippen LogP contribution in [0.1, 0.15) is 27.7 Å². The van der Waals surface area contributed by atoms with Crippen molar-refractivity contribution in [3.8, 4) is 0 Å². The van der Waals surface area contributed by atoms with Crippen LogP contribution in [0.15, 0.2) is 72.2 Å². The predicted molar refractivity (Wildman–Crippen MR) is 94.7 cm³/mol. The van der Waals surface area contributed by atoms with Gasteiger partial charge < -0.3 is 0 Å². The zero-order chi connectivity index (χ0) is 17.6. The van der Waals surface area contributed by atoms with Gasteiger partial charge in [0, 0.05) is 5.57 Å². The molecule has 22 heavy (non-hydrogen) atoms. The molecule has 0 N–H and O–H groups in total. The molecule has 1 aromatic carbocycles. The average Bonchev–Trinajstić information content (AvgIpc) is 2.56. The molecule has 3 nitrogen and oxygen atoms in total. The van der Waals surface area contributed by atoms with Crippen LogP contribution in [0.5, 0.6) is 0 Å². The second-order valence-electron chi connectivity index (χ2n) is 3.56. The Hall–Kier alpha value is -1.94. The molecule has 4 heteroatoms. The molecule has 0 saturated carbocycles. The van der Waals surface area contributed by atoms with Crippen molar-refractivity contribution >= 4 is 15.6 Å². The molecule has 122 valence electrons. The fourth-order valence-electron chi connectivity index (χ4n) is 1.37. The smallest absolute Gasteiger partial charge is 0.185 e. The van der Waals surface area contributed by atoms with Crippen LogP contribution in [0.2, 0.25) is 0 Å². The number of benzene rings is 1. The summed E-state index contributed by atoms with van der Waals surface area (Å²) in [4.78, 5) is 11.9. The summed E-state index contributed by atoms with van der Waals surface area (Å²) in [5, 5.41) is 0. The highest BCUT2D eigenvalue weighted by molar-refractivity contribution is 7.92. The van der Waals surface area contributed by atoms with Crippen molar-refractivity contribution in [3.63, 3.8) is 0 Å². The molecule has 0 amide bonds. The standard InChI is InChI=1S/C14H14O3S.2C2H6/c1-3-8-12(4-2)14(15)11-18(16,17)13-9-6-5-7-10-13;2*1-2/h3-10H,1-2,11H2;2*1-2H3/b12-8+;;. The van der Waals surface area contributed by atoms with Gasteiger partial charge in [0.25, 0.3) is 0 Å². The molecule has 0 aliphatic rings. The molecule has 1 rings (SSSR count). The SMILES string of the molecule is C=C/C=C(\C=C)C(=O)CS(=O)(=O)c1ccccc1.CC.CC. The lowest BCUT2D eigenvalue weighted by Crippen LogP contribution is -2.17. The molecule has 0 aliphatic carbocycles. The van der Waals surface area contributed by atoms with E-state index in [1.54, 1.807) is 18.2 Å². The van der Waals surface area contributed by atoms with Crippen LogP contribution < -0.4 is 0 Å². The predicted octanol–water partition coefficient (Wildman–Crippen LogP) is 4.38. The number of hydrogen-bond donors (Lipinski definition) is 0. The van der Waals surface area contributed by atoms with E-state index in [1.165, 1.54) is 30.4 Å². The highest BCUT2D eigenvalue weighted by atomic mass is 32.2. The van der Waals surface area contributed by atoms with Gasteiger partial charge in [-0.1, -0.05) is 77.3 Å². The Balaban J connectivity index is 0. The number of carbonyl (C=O) groups excluding carboxylic acids is 1. The molecule has 0 radical (unpaired) electrons. The molecule has 0 saturated heterocycles. The maximum Gasteiger partial charge on any atom is 0.185 e. The Morgan fingerprint density at radius 1 is 1.05 bits per heavy atom. The largest absolute Gasteiger partial charge is 0.293 e. The Kier molecular flexibility index (Phi) is 13.0. The van der Waals surface area contributed by atoms with Crippen LogP contribution >= 0.6 is 0 Å². The molecule has 0 heterocycles. The highest BCUT2D eigenvalue weighted by Crippen LogP contribution is 2.12. The zero-order valence-electron chi connectivity index (χ0n) is 13.9. The van der Waals surface area contributed by atoms with E-state index in [0.29, 0.717) is 0 Å². The van der Waals surface area contributed by atoms with Crippen LogP contribution in [0.25, 0.3) is 0 Å². The minimum absolute atomic E-state index is 0.139. The summed E-state index contributed by atoms with van der Waals surface area (Å²) in [6, 6.07) is 7.88. The van der Waals surface area contributed by atoms with Gasteiger partial charge in [0.2, 0.25) is 0 Å². The fraction of sp³-hybridized carbons (Fsp3) is 0.278. The molecule has 0 spiro atoms. The van der Waals surface area contributed by atoms with Crippen molar-refractivity contribution in [1.82, 2.24) is 0 Å². The van der Waals surface area contributed by atoms with Crippen LogP contribution in [0.3, 0.4) is 0 Å². The summed E-state index contributed by atoms with van der Waals surface area (Å²) in [5.74, 6) is -1.06. The van der Waals surface area contributed by atoms with Crippen molar-refractivity contribution in [1.29, 1.82) is 0 Å². The van der Waals surface area contributed by atoms with Crippen LogP contribution in [0, 0.1) is 0 Å². The molecule has 0 bridgehead atoms. The first-order chi connectivity index (χ1) is 10.5. The van der Waals surface area contributed by atoms with E-state index in [2.05, 4.69) is 13.2 Å². The second-order valence-corrected chi connectivity index (χ2v) is 5.55. The van der Waals surface area contributed by atoms with Crippen molar-refractivity contribution in [3.05, 3.63) is 67.3 Å². The van der Waals surface area contributed by atoms with Crippen LogP contribution in [-0.2, 0) is 14.6 Å². The fourth-order valence-corrected chi connectivity index (χ4v) is 2.62. The monoisotopic (exact) mass is 322 g/mol. The van der Waals surface area contributed by atoms with Gasteiger partial charge in [-0.3, -0.25) is 4.79 Å². The third-order valence-electron chi connectivity index (χ3n) is 2.26. The molecule has 1 aromatic rings. The Morgan fingerprint density at radius 3 is 1.95 bits per heavy atom. The average molecular weight is 322 g/mol. The Bertz CT molecular complexity index is 582. The van der Waals surface area contributed by atoms with Crippen LogP contribution in [0.4, 0.5) is 0 Å². The number of sulfone groups is 1. The summed E-state index contributed by atoms with van der Waals surface area (Å²) >= 11 is 0. The van der Waals surface area contributed by atoms with E-state index in [1.807, 2.05) is 27.7 Å². The van der Waals surface area contributed by atoms with Gasteiger partial charge in [0.15, 0.2) is 15.6 Å². The maximum atomic E-state index is 12.0. The number of rotatable bonds is 6. The van der Waals surface area contributed by atoms with Gasteiger partial charge in [-0.05, 0) is 12.1 Å². The number of ketones is 1. The van der Waals surface area contributed by atoms with Gasteiger partial charge in [-0.2, -0.15) is 0 Å². The number of allylic oxidation sites excluding steroid dienone is 4. The molecule has 0 unspecified atom stereocenters. The summed E-state index contributed by atoms with van der Waals surface area (Å²) in [7, 11) is -3.61. The van der Waals surface area contributed by atoms with Gasteiger partial charge >= 0.3 is 0 Å². The lowest BCUT2D eigenvalue weighted by molar-refractivity contribution is -0.113. The third kappa shape index (κ3) is 7.74. The molecule has 0 aliphatic heterocycles. The quantitative estimate of drug-likeness (QED) is 0.577. The van der Waals surface area contributed by atoms with Crippen molar-refractivity contribution in [2.45, 2.75) is 32.6 Å². The highest BCUT2D eigenvalue weighted by Gasteiger charge is 2.20. The maximum absolute atomic E-state index is 12.0. The normalized spacial score (nSPS) is 10.3. The summed E-state index contributed by atoms with van der Waals surface area (Å²) in [6.07, 6.45) is 4.18. The summed E-state index contributed by atoms with van der Waals surface area (Å²) in [6.45, 7) is 14.9. The van der Waals surface area contributed by atoms with Crippen molar-refractivity contribution in [2.24, 2.45) is 0 Å². The molecule has 0 atom stereocenters. The first-order valence-electron chi connectivity index (χ1n) is 7.27. The van der Waals surface area contributed by atoms with E-state index in [4.69, 9.17) is 0 Å².